The number of aromatic nitrogens is 3. The highest BCUT2D eigenvalue weighted by Gasteiger charge is 2.42. The molecule has 2 bridgehead atoms. The molecule has 0 radical (unpaired) electrons. The zero-order valence-corrected chi connectivity index (χ0v) is 18.3. The summed E-state index contributed by atoms with van der Waals surface area (Å²) in [7, 11) is 0. The fourth-order valence-corrected chi connectivity index (χ4v) is 5.12. The van der Waals surface area contributed by atoms with E-state index in [-0.39, 0.29) is 12.1 Å². The number of pyridine rings is 1. The molecule has 1 N–H and O–H groups in total. The molecule has 3 aliphatic rings. The van der Waals surface area contributed by atoms with Crippen LogP contribution >= 0.6 is 15.9 Å². The van der Waals surface area contributed by atoms with Crippen molar-refractivity contribution >= 4 is 33.7 Å². The van der Waals surface area contributed by atoms with Crippen molar-refractivity contribution < 1.29 is 9.18 Å². The van der Waals surface area contributed by atoms with E-state index in [0.29, 0.717) is 28.6 Å². The molecule has 2 saturated heterocycles. The zero-order chi connectivity index (χ0) is 21.4. The molecule has 31 heavy (non-hydrogen) atoms. The van der Waals surface area contributed by atoms with Gasteiger partial charge in [-0.15, -0.1) is 0 Å². The Morgan fingerprint density at radius 2 is 1.97 bits per heavy atom. The van der Waals surface area contributed by atoms with Gasteiger partial charge < -0.3 is 10.2 Å². The highest BCUT2D eigenvalue weighted by atomic mass is 79.9. The summed E-state index contributed by atoms with van der Waals surface area (Å²) in [6.07, 6.45) is 8.76. The maximum Gasteiger partial charge on any atom is 0.159 e. The van der Waals surface area contributed by atoms with Gasteiger partial charge in [-0.25, -0.2) is 19.3 Å². The summed E-state index contributed by atoms with van der Waals surface area (Å²) in [5.74, 6) is 1.24. The molecule has 158 valence electrons. The largest absolute Gasteiger partial charge is 0.365 e. The number of nitrogens with zero attached hydrogens (tertiary/aromatic N) is 4. The van der Waals surface area contributed by atoms with Crippen LogP contribution in [-0.4, -0.2) is 39.9 Å². The summed E-state index contributed by atoms with van der Waals surface area (Å²) in [6.45, 7) is 0.730. The molecule has 1 saturated carbocycles. The molecule has 6 nitrogen and oxygen atoms in total. The number of carbonyl (C=O) groups excluding carboxylic acids is 1. The Balaban J connectivity index is 1.52. The number of halogens is 2. The van der Waals surface area contributed by atoms with Gasteiger partial charge in [0.1, 0.15) is 11.6 Å². The topological polar surface area (TPSA) is 71.0 Å². The Morgan fingerprint density at radius 1 is 1.13 bits per heavy atom. The second-order valence-corrected chi connectivity index (χ2v) is 8.97. The minimum Gasteiger partial charge on any atom is -0.365 e. The number of piperidine rings is 2. The van der Waals surface area contributed by atoms with Crippen molar-refractivity contribution in [3.8, 4) is 11.4 Å². The maximum atomic E-state index is 15.2. The summed E-state index contributed by atoms with van der Waals surface area (Å²) in [4.78, 5) is 27.2. The number of fused-ring (bicyclic) bond motifs is 3. The van der Waals surface area contributed by atoms with E-state index in [1.807, 2.05) is 12.1 Å². The van der Waals surface area contributed by atoms with E-state index in [1.165, 1.54) is 6.07 Å². The summed E-state index contributed by atoms with van der Waals surface area (Å²) in [5.41, 5.74) is 1.21. The molecule has 2 aliphatic heterocycles. The molecular weight excluding hydrogens is 461 g/mol. The van der Waals surface area contributed by atoms with Crippen molar-refractivity contribution in [3.63, 3.8) is 0 Å². The number of nitrogens with one attached hydrogen (secondary N) is 1. The molecule has 0 spiro atoms. The third-order valence-electron chi connectivity index (χ3n) is 6.22. The number of aldehydes is 1. The summed E-state index contributed by atoms with van der Waals surface area (Å²) in [6, 6.07) is 8.77. The number of benzene rings is 1. The minimum absolute atomic E-state index is 0.0654. The van der Waals surface area contributed by atoms with Crippen LogP contribution in [0.25, 0.3) is 11.4 Å². The quantitative estimate of drug-likeness (QED) is 0.531. The summed E-state index contributed by atoms with van der Waals surface area (Å²) < 4.78 is 16.1. The zero-order valence-electron chi connectivity index (χ0n) is 16.7. The summed E-state index contributed by atoms with van der Waals surface area (Å²) >= 11 is 3.41. The highest BCUT2D eigenvalue weighted by Crippen LogP contribution is 2.42. The van der Waals surface area contributed by atoms with Crippen molar-refractivity contribution in [2.24, 2.45) is 5.92 Å². The molecule has 2 aromatic heterocycles. The lowest BCUT2D eigenvalue weighted by Gasteiger charge is -2.51. The van der Waals surface area contributed by atoms with Gasteiger partial charge in [-0.1, -0.05) is 0 Å². The van der Waals surface area contributed by atoms with Crippen LogP contribution in [0.4, 0.5) is 15.9 Å². The molecule has 6 rings (SSSR count). The maximum absolute atomic E-state index is 15.2. The first-order valence-corrected chi connectivity index (χ1v) is 11.1. The molecule has 3 atom stereocenters. The van der Waals surface area contributed by atoms with E-state index in [1.54, 1.807) is 30.7 Å². The van der Waals surface area contributed by atoms with Crippen molar-refractivity contribution in [3.05, 3.63) is 64.8 Å². The third kappa shape index (κ3) is 3.80. The fraction of sp³-hybridized carbons (Fsp3) is 0.304. The number of rotatable bonds is 5. The van der Waals surface area contributed by atoms with Gasteiger partial charge in [0.15, 0.2) is 12.1 Å². The van der Waals surface area contributed by atoms with Gasteiger partial charge in [0, 0.05) is 47.3 Å². The van der Waals surface area contributed by atoms with Crippen LogP contribution in [0.5, 0.6) is 0 Å². The molecule has 0 unspecified atom stereocenters. The Labute approximate surface area is 188 Å². The van der Waals surface area contributed by atoms with Gasteiger partial charge in [-0.3, -0.25) is 4.79 Å². The Morgan fingerprint density at radius 3 is 2.68 bits per heavy atom. The SMILES string of the molecule is O=Cc1c(-c2ncccn2)ccc(F)c1N1C[C@@H]2CC[C@H]1[C@H](Nc1ccc(Br)cn1)C2. The second-order valence-electron chi connectivity index (χ2n) is 8.06. The Bertz CT molecular complexity index is 1100. The molecule has 1 aliphatic carbocycles. The Hall–Kier alpha value is -2.87. The monoisotopic (exact) mass is 481 g/mol. The van der Waals surface area contributed by atoms with Crippen LogP contribution in [0.1, 0.15) is 29.6 Å². The first-order valence-electron chi connectivity index (χ1n) is 10.3. The van der Waals surface area contributed by atoms with E-state index < -0.39 is 5.82 Å². The smallest absolute Gasteiger partial charge is 0.159 e. The van der Waals surface area contributed by atoms with Crippen LogP contribution < -0.4 is 10.2 Å². The molecule has 4 heterocycles. The number of hydrogen-bond donors (Lipinski definition) is 1. The van der Waals surface area contributed by atoms with Gasteiger partial charge in [0.25, 0.3) is 0 Å². The van der Waals surface area contributed by atoms with Crippen molar-refractivity contribution in [2.75, 3.05) is 16.8 Å². The number of anilines is 2. The van der Waals surface area contributed by atoms with Crippen LogP contribution in [0.15, 0.2) is 53.4 Å². The van der Waals surface area contributed by atoms with E-state index in [9.17, 15) is 4.79 Å². The van der Waals surface area contributed by atoms with Crippen molar-refractivity contribution in [1.29, 1.82) is 0 Å². The average molecular weight is 482 g/mol. The lowest BCUT2D eigenvalue weighted by atomic mass is 9.76. The number of hydrogen-bond acceptors (Lipinski definition) is 6. The predicted molar refractivity (Wildman–Crippen MR) is 121 cm³/mol. The number of carbonyl (C=O) groups is 1. The van der Waals surface area contributed by atoms with Crippen LogP contribution in [0, 0.1) is 11.7 Å². The van der Waals surface area contributed by atoms with Crippen LogP contribution in [0.2, 0.25) is 0 Å². The second kappa shape index (κ2) is 8.34. The molecule has 0 amide bonds. The van der Waals surface area contributed by atoms with Crippen molar-refractivity contribution in [1.82, 2.24) is 15.0 Å². The van der Waals surface area contributed by atoms with E-state index >= 15 is 4.39 Å². The van der Waals surface area contributed by atoms with Gasteiger partial charge in [-0.05, 0) is 71.4 Å². The van der Waals surface area contributed by atoms with Gasteiger partial charge in [-0.2, -0.15) is 0 Å². The van der Waals surface area contributed by atoms with E-state index in [2.05, 4.69) is 41.1 Å². The molecule has 3 fully saturated rings. The summed E-state index contributed by atoms with van der Waals surface area (Å²) in [5, 5.41) is 3.53. The Kier molecular flexibility index (Phi) is 5.40. The lowest BCUT2D eigenvalue weighted by Crippen LogP contribution is -2.58. The van der Waals surface area contributed by atoms with E-state index in [4.69, 9.17) is 0 Å². The third-order valence-corrected chi connectivity index (χ3v) is 6.69. The molecule has 1 aromatic carbocycles. The molecule has 8 heteroatoms. The van der Waals surface area contributed by atoms with Gasteiger partial charge in [0.2, 0.25) is 0 Å². The predicted octanol–water partition coefficient (Wildman–Crippen LogP) is 4.72. The highest BCUT2D eigenvalue weighted by molar-refractivity contribution is 9.10. The van der Waals surface area contributed by atoms with Crippen molar-refractivity contribution in [2.45, 2.75) is 31.3 Å². The van der Waals surface area contributed by atoms with Gasteiger partial charge >= 0.3 is 0 Å². The first kappa shape index (κ1) is 20.1. The fourth-order valence-electron chi connectivity index (χ4n) is 4.88. The average Bonchev–Trinajstić information content (AvgIpc) is 2.81. The molecular formula is C23H21BrFN5O. The minimum atomic E-state index is -0.394. The lowest BCUT2D eigenvalue weighted by molar-refractivity contribution is 0.112. The standard InChI is InChI=1S/C23H21BrFN5O/c24-15-3-7-21(28-11-15)29-19-10-14-2-6-20(19)30(12-14)22-17(13-31)16(4-5-18(22)25)23-26-8-1-9-27-23/h1,3-5,7-9,11,13-14,19-20H,2,6,10,12H2,(H,28,29)/t14-,19-,20+/m1/s1. The first-order chi connectivity index (χ1) is 15.1. The van der Waals surface area contributed by atoms with Gasteiger partial charge in [0.05, 0.1) is 11.3 Å². The molecule has 3 aromatic rings. The van der Waals surface area contributed by atoms with Crippen LogP contribution in [-0.2, 0) is 0 Å². The van der Waals surface area contributed by atoms with Crippen LogP contribution in [0.3, 0.4) is 0 Å². The van der Waals surface area contributed by atoms with E-state index in [0.717, 1.165) is 42.4 Å². The normalized spacial score (nSPS) is 22.4.